The summed E-state index contributed by atoms with van der Waals surface area (Å²) in [6.07, 6.45) is 0.0357. The van der Waals surface area contributed by atoms with Crippen molar-refractivity contribution in [2.75, 3.05) is 19.9 Å². The largest absolute Gasteiger partial charge is 0.497 e. The lowest BCUT2D eigenvalue weighted by molar-refractivity contribution is 0.110. The molecule has 0 saturated heterocycles. The number of hydrogen-bond donors (Lipinski definition) is 2. The molecule has 0 aromatic heterocycles. The van der Waals surface area contributed by atoms with Crippen LogP contribution < -0.4 is 10.5 Å². The van der Waals surface area contributed by atoms with Gasteiger partial charge in [-0.25, -0.2) is 8.42 Å². The zero-order valence-electron chi connectivity index (χ0n) is 12.3. The molecule has 0 heterocycles. The molecular formula is C14H23NO4S. The van der Waals surface area contributed by atoms with Gasteiger partial charge in [0, 0.05) is 18.7 Å². The highest BCUT2D eigenvalue weighted by Crippen LogP contribution is 2.31. The van der Waals surface area contributed by atoms with E-state index in [0.717, 1.165) is 11.8 Å². The van der Waals surface area contributed by atoms with E-state index >= 15 is 0 Å². The molecule has 114 valence electrons. The molecule has 0 radical (unpaired) electrons. The molecule has 5 nitrogen and oxygen atoms in total. The fraction of sp³-hybridized carbons (Fsp3) is 0.571. The van der Waals surface area contributed by atoms with E-state index in [1.54, 1.807) is 31.4 Å². The van der Waals surface area contributed by atoms with Crippen molar-refractivity contribution in [1.29, 1.82) is 0 Å². The third-order valence-electron chi connectivity index (χ3n) is 3.85. The van der Waals surface area contributed by atoms with Gasteiger partial charge in [0.15, 0.2) is 9.84 Å². The third kappa shape index (κ3) is 3.31. The molecule has 1 rings (SSSR count). The van der Waals surface area contributed by atoms with E-state index in [0.29, 0.717) is 5.75 Å². The Kier molecular flexibility index (Phi) is 5.18. The number of aliphatic hydroxyl groups is 1. The average molecular weight is 301 g/mol. The Morgan fingerprint density at radius 2 is 1.80 bits per heavy atom. The summed E-state index contributed by atoms with van der Waals surface area (Å²) in [4.78, 5) is 0. The van der Waals surface area contributed by atoms with Crippen molar-refractivity contribution in [3.05, 3.63) is 29.8 Å². The molecule has 1 aromatic carbocycles. The van der Waals surface area contributed by atoms with Crippen LogP contribution in [0.4, 0.5) is 0 Å². The summed E-state index contributed by atoms with van der Waals surface area (Å²) in [7, 11) is -1.84. The maximum absolute atomic E-state index is 11.8. The van der Waals surface area contributed by atoms with Crippen molar-refractivity contribution in [2.24, 2.45) is 5.73 Å². The molecule has 6 heteroatoms. The van der Waals surface area contributed by atoms with Gasteiger partial charge in [0.25, 0.3) is 0 Å². The summed E-state index contributed by atoms with van der Waals surface area (Å²) in [6, 6.07) is 7.10. The maximum Gasteiger partial charge on any atom is 0.155 e. The number of methoxy groups -OCH3 is 1. The Bertz CT molecular complexity index is 537. The molecule has 2 unspecified atom stereocenters. The summed E-state index contributed by atoms with van der Waals surface area (Å²) < 4.78 is 27.5. The summed E-state index contributed by atoms with van der Waals surface area (Å²) >= 11 is 0. The Morgan fingerprint density at radius 1 is 1.30 bits per heavy atom. The van der Waals surface area contributed by atoms with Crippen LogP contribution in [0, 0.1) is 0 Å². The second-order valence-corrected chi connectivity index (χ2v) is 8.03. The monoisotopic (exact) mass is 301 g/mol. The minimum Gasteiger partial charge on any atom is -0.497 e. The fourth-order valence-corrected chi connectivity index (χ4v) is 2.61. The van der Waals surface area contributed by atoms with Gasteiger partial charge in [0.1, 0.15) is 5.75 Å². The SMILES string of the molecule is COc1ccc(C(CN)C(O)C(C)(C)S(C)(=O)=O)cc1. The van der Waals surface area contributed by atoms with E-state index in [4.69, 9.17) is 10.5 Å². The van der Waals surface area contributed by atoms with Crippen LogP contribution in [0.1, 0.15) is 25.3 Å². The van der Waals surface area contributed by atoms with Gasteiger partial charge in [-0.1, -0.05) is 12.1 Å². The average Bonchev–Trinajstić information content (AvgIpc) is 2.39. The van der Waals surface area contributed by atoms with E-state index < -0.39 is 26.6 Å². The maximum atomic E-state index is 11.8. The van der Waals surface area contributed by atoms with Gasteiger partial charge in [-0.3, -0.25) is 0 Å². The fourth-order valence-electron chi connectivity index (χ4n) is 2.00. The molecule has 0 aliphatic heterocycles. The molecule has 0 fully saturated rings. The molecule has 20 heavy (non-hydrogen) atoms. The summed E-state index contributed by atoms with van der Waals surface area (Å²) in [5.74, 6) is 0.243. The smallest absolute Gasteiger partial charge is 0.155 e. The quantitative estimate of drug-likeness (QED) is 0.815. The molecule has 2 atom stereocenters. The molecule has 0 aliphatic carbocycles. The summed E-state index contributed by atoms with van der Waals surface area (Å²) in [5, 5.41) is 10.5. The van der Waals surface area contributed by atoms with E-state index in [1.807, 2.05) is 0 Å². The van der Waals surface area contributed by atoms with E-state index in [9.17, 15) is 13.5 Å². The van der Waals surface area contributed by atoms with Gasteiger partial charge in [-0.15, -0.1) is 0 Å². The lowest BCUT2D eigenvalue weighted by Gasteiger charge is -2.34. The Hall–Kier alpha value is -1.11. The second kappa shape index (κ2) is 6.11. The number of benzene rings is 1. The first kappa shape index (κ1) is 16.9. The summed E-state index contributed by atoms with van der Waals surface area (Å²) in [6.45, 7) is 3.19. The zero-order valence-corrected chi connectivity index (χ0v) is 13.1. The van der Waals surface area contributed by atoms with Gasteiger partial charge in [0.05, 0.1) is 18.0 Å². The van der Waals surface area contributed by atoms with Crippen LogP contribution in [0.15, 0.2) is 24.3 Å². The van der Waals surface area contributed by atoms with Crippen LogP contribution >= 0.6 is 0 Å². The molecule has 0 aliphatic rings. The molecule has 0 bridgehead atoms. The molecular weight excluding hydrogens is 278 g/mol. The van der Waals surface area contributed by atoms with Crippen molar-refractivity contribution in [3.8, 4) is 5.75 Å². The highest BCUT2D eigenvalue weighted by atomic mass is 32.2. The van der Waals surface area contributed by atoms with Crippen molar-refractivity contribution in [2.45, 2.75) is 30.6 Å². The van der Waals surface area contributed by atoms with Crippen molar-refractivity contribution >= 4 is 9.84 Å². The Morgan fingerprint density at radius 3 is 2.15 bits per heavy atom. The van der Waals surface area contributed by atoms with Gasteiger partial charge < -0.3 is 15.6 Å². The van der Waals surface area contributed by atoms with Crippen molar-refractivity contribution < 1.29 is 18.3 Å². The van der Waals surface area contributed by atoms with Gasteiger partial charge in [0.2, 0.25) is 0 Å². The van der Waals surface area contributed by atoms with Crippen molar-refractivity contribution in [3.63, 3.8) is 0 Å². The van der Waals surface area contributed by atoms with E-state index in [2.05, 4.69) is 0 Å². The highest BCUT2D eigenvalue weighted by molar-refractivity contribution is 7.92. The molecule has 1 aromatic rings. The van der Waals surface area contributed by atoms with Crippen LogP contribution in [0.25, 0.3) is 0 Å². The first-order valence-corrected chi connectivity index (χ1v) is 8.26. The van der Waals surface area contributed by atoms with Crippen LogP contribution in [-0.4, -0.2) is 44.3 Å². The van der Waals surface area contributed by atoms with E-state index in [-0.39, 0.29) is 6.54 Å². The topological polar surface area (TPSA) is 89.6 Å². The Balaban J connectivity index is 3.12. The number of rotatable bonds is 6. The summed E-state index contributed by atoms with van der Waals surface area (Å²) in [5.41, 5.74) is 6.52. The highest BCUT2D eigenvalue weighted by Gasteiger charge is 2.42. The van der Waals surface area contributed by atoms with Gasteiger partial charge in [-0.05, 0) is 31.5 Å². The normalized spacial score (nSPS) is 15.7. The van der Waals surface area contributed by atoms with Crippen LogP contribution in [0.5, 0.6) is 5.75 Å². The predicted octanol–water partition coefficient (Wildman–Crippen LogP) is 0.922. The predicted molar refractivity (Wildman–Crippen MR) is 79.7 cm³/mol. The molecule has 3 N–H and O–H groups in total. The molecule has 0 amide bonds. The van der Waals surface area contributed by atoms with Gasteiger partial charge >= 0.3 is 0 Å². The lowest BCUT2D eigenvalue weighted by atomic mass is 9.87. The van der Waals surface area contributed by atoms with E-state index in [1.165, 1.54) is 13.8 Å². The van der Waals surface area contributed by atoms with Crippen LogP contribution in [-0.2, 0) is 9.84 Å². The number of nitrogens with two attached hydrogens (primary N) is 1. The Labute approximate surface area is 120 Å². The third-order valence-corrected chi connectivity index (χ3v) is 6.00. The molecule has 0 spiro atoms. The minimum atomic E-state index is -3.41. The number of ether oxygens (including phenoxy) is 1. The van der Waals surface area contributed by atoms with Gasteiger partial charge in [-0.2, -0.15) is 0 Å². The molecule has 0 saturated carbocycles. The lowest BCUT2D eigenvalue weighted by Crippen LogP contribution is -2.48. The zero-order chi connectivity index (χ0) is 15.6. The number of sulfone groups is 1. The van der Waals surface area contributed by atoms with Crippen LogP contribution in [0.3, 0.4) is 0 Å². The number of aliphatic hydroxyl groups excluding tert-OH is 1. The standard InChI is InChI=1S/C14H23NO4S/c1-14(2,20(4,17)18)13(16)12(9-15)10-5-7-11(19-3)8-6-10/h5-8,12-13,16H,9,15H2,1-4H3. The number of hydrogen-bond acceptors (Lipinski definition) is 5. The van der Waals surface area contributed by atoms with Crippen LogP contribution in [0.2, 0.25) is 0 Å². The second-order valence-electron chi connectivity index (χ2n) is 5.44. The first-order valence-electron chi connectivity index (χ1n) is 6.36. The van der Waals surface area contributed by atoms with Crippen molar-refractivity contribution in [1.82, 2.24) is 0 Å². The minimum absolute atomic E-state index is 0.159. The first-order chi connectivity index (χ1) is 9.15.